The summed E-state index contributed by atoms with van der Waals surface area (Å²) in [5, 5.41) is 36.6. The van der Waals surface area contributed by atoms with Gasteiger partial charge >= 0.3 is 7.12 Å². The second-order valence-corrected chi connectivity index (χ2v) is 17.8. The Balaban J connectivity index is 0.949. The molecule has 4 aliphatic rings. The average molecular weight is 728 g/mol. The third kappa shape index (κ3) is 8.59. The van der Waals surface area contributed by atoms with Crippen LogP contribution in [0.25, 0.3) is 0 Å². The van der Waals surface area contributed by atoms with E-state index in [1.807, 2.05) is 42.5 Å². The maximum atomic E-state index is 13.9. The molecule has 0 radical (unpaired) electrons. The van der Waals surface area contributed by atoms with Gasteiger partial charge in [-0.15, -0.1) is 0 Å². The zero-order valence-corrected chi connectivity index (χ0v) is 32.8. The third-order valence-corrected chi connectivity index (χ3v) is 15.1. The number of unbranched alkanes of at least 4 members (excludes halogenated alkanes) is 1. The molecule has 2 aromatic rings. The van der Waals surface area contributed by atoms with Crippen molar-refractivity contribution in [3.63, 3.8) is 0 Å². The molecule has 9 heteroatoms. The molecule has 5 N–H and O–H groups in total. The molecule has 0 heterocycles. The number of amides is 2. The Morgan fingerprint density at radius 3 is 2.36 bits per heavy atom. The first kappa shape index (κ1) is 40.0. The lowest BCUT2D eigenvalue weighted by atomic mass is 9.44. The van der Waals surface area contributed by atoms with Gasteiger partial charge < -0.3 is 30.7 Å². The number of anilines is 1. The van der Waals surface area contributed by atoms with Crippen LogP contribution in [0.1, 0.15) is 116 Å². The Hall–Kier alpha value is -2.72. The van der Waals surface area contributed by atoms with Crippen LogP contribution in [0, 0.1) is 46.3 Å². The average Bonchev–Trinajstić information content (AvgIpc) is 3.52. The molecule has 2 aromatic carbocycles. The summed E-state index contributed by atoms with van der Waals surface area (Å²) in [6, 6.07) is 16.1. The summed E-state index contributed by atoms with van der Waals surface area (Å²) in [7, 11) is 0.176. The summed E-state index contributed by atoms with van der Waals surface area (Å²) >= 11 is 0. The molecular weight excluding hydrogens is 661 g/mol. The summed E-state index contributed by atoms with van der Waals surface area (Å²) in [6.07, 6.45) is 14.8. The fourth-order valence-corrected chi connectivity index (χ4v) is 12.1. The number of benzene rings is 2. The van der Waals surface area contributed by atoms with Crippen molar-refractivity contribution in [2.45, 2.75) is 129 Å². The zero-order valence-electron chi connectivity index (χ0n) is 32.8. The van der Waals surface area contributed by atoms with E-state index in [0.717, 1.165) is 55.5 Å². The number of likely N-dealkylation sites (N-methyl/N-ethyl adjacent to an activating group) is 1. The van der Waals surface area contributed by atoms with E-state index in [0.29, 0.717) is 59.0 Å². The summed E-state index contributed by atoms with van der Waals surface area (Å²) < 4.78 is 0. The van der Waals surface area contributed by atoms with Crippen molar-refractivity contribution >= 4 is 30.1 Å². The molecular formula is C44H66BN3O5. The Labute approximate surface area is 319 Å². The molecule has 0 bridgehead atoms. The van der Waals surface area contributed by atoms with Gasteiger partial charge in [-0.1, -0.05) is 63.2 Å². The summed E-state index contributed by atoms with van der Waals surface area (Å²) in [4.78, 5) is 28.6. The molecule has 0 aliphatic heterocycles. The lowest BCUT2D eigenvalue weighted by molar-refractivity contribution is -0.129. The maximum absolute atomic E-state index is 13.9. The number of hydrogen-bond acceptors (Lipinski definition) is 6. The van der Waals surface area contributed by atoms with Crippen LogP contribution in [-0.2, 0) is 16.1 Å². The van der Waals surface area contributed by atoms with Gasteiger partial charge in [-0.25, -0.2) is 0 Å². The van der Waals surface area contributed by atoms with Crippen molar-refractivity contribution in [2.24, 2.45) is 46.3 Å². The number of carbonyl (C=O) groups excluding carboxylic acids is 2. The van der Waals surface area contributed by atoms with E-state index < -0.39 is 13.2 Å². The van der Waals surface area contributed by atoms with E-state index in [1.165, 1.54) is 44.9 Å². The van der Waals surface area contributed by atoms with Crippen molar-refractivity contribution in [3.8, 4) is 0 Å². The largest absolute Gasteiger partial charge is 0.488 e. The van der Waals surface area contributed by atoms with Gasteiger partial charge in [-0.3, -0.25) is 9.59 Å². The zero-order chi connectivity index (χ0) is 37.8. The summed E-state index contributed by atoms with van der Waals surface area (Å²) in [5.41, 5.74) is 2.61. The number of para-hydroxylation sites is 1. The molecule has 4 fully saturated rings. The monoisotopic (exact) mass is 728 g/mol. The Morgan fingerprint density at radius 2 is 1.60 bits per heavy atom. The van der Waals surface area contributed by atoms with Crippen LogP contribution in [0.15, 0.2) is 54.6 Å². The van der Waals surface area contributed by atoms with E-state index in [2.05, 4.69) is 31.4 Å². The first-order chi connectivity index (χ1) is 25.5. The van der Waals surface area contributed by atoms with Gasteiger partial charge in [0.1, 0.15) is 0 Å². The van der Waals surface area contributed by atoms with Crippen LogP contribution >= 0.6 is 0 Å². The van der Waals surface area contributed by atoms with Crippen LogP contribution in [0.3, 0.4) is 0 Å². The molecule has 0 spiro atoms. The molecule has 0 saturated heterocycles. The summed E-state index contributed by atoms with van der Waals surface area (Å²) in [6.45, 7) is 8.39. The van der Waals surface area contributed by atoms with Gasteiger partial charge in [0.15, 0.2) is 0 Å². The highest BCUT2D eigenvalue weighted by molar-refractivity contribution is 6.59. The highest BCUT2D eigenvalue weighted by Crippen LogP contribution is 2.68. The standard InChI is InChI=1S/C44H66BN3O5/c1-30(36-20-21-37-35-19-18-32-28-34(49)23-25-43(32,2)38(35)24-26-44(36,37)3)17-22-41(50)47-27-11-10-16-40(46-4)42(51)48(33-13-6-5-7-14-33)29-31-12-8-9-15-39(31)45(52)53/h5-9,12-15,30,32,34-38,40,46,49,52-53H,10-11,16-29H2,1-4H3,(H,47,50)/t30?,32-,34-,35?,36?,37?,38?,40?,43+,44-/m0/s1. The number of fused-ring (bicyclic) bond motifs is 5. The van der Waals surface area contributed by atoms with Crippen molar-refractivity contribution in [1.29, 1.82) is 0 Å². The molecule has 4 aliphatic carbocycles. The molecule has 290 valence electrons. The number of aliphatic hydroxyl groups excluding tert-OH is 1. The van der Waals surface area contributed by atoms with Gasteiger partial charge in [-0.05, 0) is 160 Å². The third-order valence-electron chi connectivity index (χ3n) is 15.1. The van der Waals surface area contributed by atoms with Crippen molar-refractivity contribution in [1.82, 2.24) is 10.6 Å². The molecule has 4 saturated carbocycles. The minimum atomic E-state index is -1.62. The van der Waals surface area contributed by atoms with Crippen LogP contribution in [-0.4, -0.2) is 59.8 Å². The van der Waals surface area contributed by atoms with E-state index in [4.69, 9.17) is 0 Å². The topological polar surface area (TPSA) is 122 Å². The number of aliphatic hydroxyl groups is 1. The Kier molecular flexibility index (Phi) is 13.1. The molecule has 10 atom stereocenters. The normalized spacial score (nSPS) is 31.8. The fraction of sp³-hybridized carbons (Fsp3) is 0.682. The fourth-order valence-electron chi connectivity index (χ4n) is 12.1. The first-order valence-electron chi connectivity index (χ1n) is 20.9. The number of carbonyl (C=O) groups is 2. The van der Waals surface area contributed by atoms with Crippen LogP contribution in [0.2, 0.25) is 0 Å². The van der Waals surface area contributed by atoms with Crippen molar-refractivity contribution in [2.75, 3.05) is 18.5 Å². The number of hydrogen-bond donors (Lipinski definition) is 5. The molecule has 53 heavy (non-hydrogen) atoms. The minimum absolute atomic E-state index is 0.0778. The first-order valence-corrected chi connectivity index (χ1v) is 20.9. The lowest BCUT2D eigenvalue weighted by Crippen LogP contribution is -2.54. The Bertz CT molecular complexity index is 1530. The van der Waals surface area contributed by atoms with Crippen LogP contribution < -0.4 is 21.0 Å². The second kappa shape index (κ2) is 17.4. The van der Waals surface area contributed by atoms with Crippen molar-refractivity contribution < 1.29 is 24.7 Å². The smallest absolute Gasteiger partial charge is 0.423 e. The highest BCUT2D eigenvalue weighted by atomic mass is 16.4. The number of rotatable bonds is 15. The lowest BCUT2D eigenvalue weighted by Gasteiger charge is -2.61. The molecule has 6 rings (SSSR count). The van der Waals surface area contributed by atoms with Crippen LogP contribution in [0.4, 0.5) is 5.69 Å². The van der Waals surface area contributed by atoms with Gasteiger partial charge in [0, 0.05) is 18.7 Å². The van der Waals surface area contributed by atoms with E-state index in [-0.39, 0.29) is 24.5 Å². The molecule has 6 unspecified atom stereocenters. The molecule has 0 aromatic heterocycles. The minimum Gasteiger partial charge on any atom is -0.423 e. The molecule has 8 nitrogen and oxygen atoms in total. The van der Waals surface area contributed by atoms with E-state index >= 15 is 0 Å². The van der Waals surface area contributed by atoms with Gasteiger partial charge in [0.2, 0.25) is 11.8 Å². The predicted octanol–water partition coefficient (Wildman–Crippen LogP) is 6.21. The van der Waals surface area contributed by atoms with E-state index in [9.17, 15) is 24.7 Å². The van der Waals surface area contributed by atoms with Gasteiger partial charge in [0.05, 0.1) is 18.7 Å². The Morgan fingerprint density at radius 1 is 0.887 bits per heavy atom. The quantitative estimate of drug-likeness (QED) is 0.110. The summed E-state index contributed by atoms with van der Waals surface area (Å²) in [5.74, 6) is 4.44. The van der Waals surface area contributed by atoms with Gasteiger partial charge in [-0.2, -0.15) is 0 Å². The maximum Gasteiger partial charge on any atom is 0.488 e. The van der Waals surface area contributed by atoms with Crippen LogP contribution in [0.5, 0.6) is 0 Å². The van der Waals surface area contributed by atoms with Crippen molar-refractivity contribution in [3.05, 3.63) is 60.2 Å². The second-order valence-electron chi connectivity index (χ2n) is 17.8. The number of nitrogens with zero attached hydrogens (tertiary/aromatic N) is 1. The molecule has 2 amide bonds. The van der Waals surface area contributed by atoms with Gasteiger partial charge in [0.25, 0.3) is 0 Å². The SMILES string of the molecule is CNC(CCCCNC(=O)CCC(C)C1CCC2C3CC[C@H]4C[C@@H](O)CC[C@@]4(C)C3CC[C@@]12C)C(=O)N(Cc1ccccc1B(O)O)c1ccccc1. The highest BCUT2D eigenvalue weighted by Gasteiger charge is 2.60. The van der Waals surface area contributed by atoms with E-state index in [1.54, 1.807) is 24.1 Å². The predicted molar refractivity (Wildman–Crippen MR) is 213 cm³/mol. The number of nitrogens with one attached hydrogen (secondary N) is 2.